The zero-order chi connectivity index (χ0) is 11.1. The molecule has 84 valence electrons. The first kappa shape index (κ1) is 12.5. The Hall–Kier alpha value is -0.550. The van der Waals surface area contributed by atoms with Gasteiger partial charge in [-0.15, -0.1) is 0 Å². The van der Waals surface area contributed by atoms with Crippen molar-refractivity contribution in [1.82, 2.24) is 0 Å². The maximum absolute atomic E-state index is 12.3. The van der Waals surface area contributed by atoms with Gasteiger partial charge in [0.05, 0.1) is 7.14 Å². The van der Waals surface area contributed by atoms with Gasteiger partial charge in [-0.3, -0.25) is 0 Å². The SMILES string of the molecule is CCCCCP(C)(=O)Cc1ccccc1. The zero-order valence-electron chi connectivity index (χ0n) is 9.78. The van der Waals surface area contributed by atoms with Crippen molar-refractivity contribution in [3.05, 3.63) is 35.9 Å². The van der Waals surface area contributed by atoms with Crippen LogP contribution in [-0.4, -0.2) is 12.8 Å². The number of hydrogen-bond donors (Lipinski definition) is 0. The summed E-state index contributed by atoms with van der Waals surface area (Å²) >= 11 is 0. The molecule has 0 spiro atoms. The third kappa shape index (κ3) is 5.18. The molecule has 0 saturated carbocycles. The quantitative estimate of drug-likeness (QED) is 0.518. The van der Waals surface area contributed by atoms with Crippen LogP contribution in [-0.2, 0) is 10.7 Å². The summed E-state index contributed by atoms with van der Waals surface area (Å²) in [5.41, 5.74) is 1.21. The smallest absolute Gasteiger partial charge is 0.0890 e. The molecule has 0 N–H and O–H groups in total. The highest BCUT2D eigenvalue weighted by atomic mass is 31.2. The lowest BCUT2D eigenvalue weighted by Crippen LogP contribution is -1.93. The minimum atomic E-state index is -1.94. The molecular weight excluding hydrogens is 203 g/mol. The summed E-state index contributed by atoms with van der Waals surface area (Å²) in [6.07, 6.45) is 5.17. The number of hydrogen-bond acceptors (Lipinski definition) is 1. The molecule has 0 aromatic heterocycles. The molecule has 0 aliphatic heterocycles. The van der Waals surface area contributed by atoms with Gasteiger partial charge in [-0.25, -0.2) is 0 Å². The summed E-state index contributed by atoms with van der Waals surface area (Å²) < 4.78 is 12.3. The largest absolute Gasteiger partial charge is 0.323 e. The second kappa shape index (κ2) is 6.12. The average molecular weight is 224 g/mol. The zero-order valence-corrected chi connectivity index (χ0v) is 10.7. The van der Waals surface area contributed by atoms with Gasteiger partial charge in [0.2, 0.25) is 0 Å². The van der Waals surface area contributed by atoms with Crippen molar-refractivity contribution in [3.63, 3.8) is 0 Å². The molecule has 1 aromatic rings. The molecule has 15 heavy (non-hydrogen) atoms. The van der Waals surface area contributed by atoms with Crippen molar-refractivity contribution in [1.29, 1.82) is 0 Å². The first-order valence-electron chi connectivity index (χ1n) is 5.73. The molecule has 1 nitrogen and oxygen atoms in total. The first-order valence-corrected chi connectivity index (χ1v) is 8.26. The highest BCUT2D eigenvalue weighted by Gasteiger charge is 2.14. The summed E-state index contributed by atoms with van der Waals surface area (Å²) in [5, 5.41) is 0. The fourth-order valence-electron chi connectivity index (χ4n) is 1.74. The van der Waals surface area contributed by atoms with E-state index in [1.807, 2.05) is 24.9 Å². The number of unbranched alkanes of at least 4 members (excludes halogenated alkanes) is 2. The van der Waals surface area contributed by atoms with E-state index in [0.29, 0.717) is 0 Å². The highest BCUT2D eigenvalue weighted by Crippen LogP contribution is 2.45. The van der Waals surface area contributed by atoms with Crippen LogP contribution in [0.3, 0.4) is 0 Å². The topological polar surface area (TPSA) is 17.1 Å². The Morgan fingerprint density at radius 3 is 2.40 bits per heavy atom. The van der Waals surface area contributed by atoms with Gasteiger partial charge in [-0.05, 0) is 18.6 Å². The summed E-state index contributed by atoms with van der Waals surface area (Å²) in [4.78, 5) is 0. The van der Waals surface area contributed by atoms with Gasteiger partial charge in [0, 0.05) is 12.3 Å². The third-order valence-electron chi connectivity index (χ3n) is 2.59. The van der Waals surface area contributed by atoms with Gasteiger partial charge in [-0.2, -0.15) is 0 Å². The van der Waals surface area contributed by atoms with E-state index < -0.39 is 7.14 Å². The predicted molar refractivity (Wildman–Crippen MR) is 68.1 cm³/mol. The van der Waals surface area contributed by atoms with Crippen molar-refractivity contribution in [2.24, 2.45) is 0 Å². The molecule has 1 rings (SSSR count). The maximum Gasteiger partial charge on any atom is 0.0890 e. The second-order valence-corrected chi connectivity index (χ2v) is 7.73. The molecule has 0 aliphatic carbocycles. The fraction of sp³-hybridized carbons (Fsp3) is 0.538. The van der Waals surface area contributed by atoms with E-state index >= 15 is 0 Å². The van der Waals surface area contributed by atoms with Crippen LogP contribution < -0.4 is 0 Å². The summed E-state index contributed by atoms with van der Waals surface area (Å²) in [6.45, 7) is 4.12. The lowest BCUT2D eigenvalue weighted by molar-refractivity contribution is 0.574. The Morgan fingerprint density at radius 1 is 1.13 bits per heavy atom. The van der Waals surface area contributed by atoms with Crippen LogP contribution in [0.2, 0.25) is 0 Å². The number of rotatable bonds is 6. The fourth-order valence-corrected chi connectivity index (χ4v) is 3.78. The van der Waals surface area contributed by atoms with Crippen LogP contribution in [0.4, 0.5) is 0 Å². The van der Waals surface area contributed by atoms with Gasteiger partial charge in [0.1, 0.15) is 0 Å². The summed E-state index contributed by atoms with van der Waals surface area (Å²) in [6, 6.07) is 10.2. The Bertz CT molecular complexity index is 319. The summed E-state index contributed by atoms with van der Waals surface area (Å²) in [7, 11) is -1.94. The molecule has 0 fully saturated rings. The molecule has 2 heteroatoms. The first-order chi connectivity index (χ1) is 7.14. The molecule has 0 bridgehead atoms. The molecule has 1 atom stereocenters. The minimum Gasteiger partial charge on any atom is -0.323 e. The molecule has 0 heterocycles. The molecule has 0 saturated heterocycles. The van der Waals surface area contributed by atoms with E-state index in [-0.39, 0.29) is 0 Å². The van der Waals surface area contributed by atoms with E-state index in [4.69, 9.17) is 0 Å². The van der Waals surface area contributed by atoms with Crippen LogP contribution >= 0.6 is 7.14 Å². The van der Waals surface area contributed by atoms with Crippen LogP contribution in [0.5, 0.6) is 0 Å². The molecule has 0 radical (unpaired) electrons. The Morgan fingerprint density at radius 2 is 1.80 bits per heavy atom. The monoisotopic (exact) mass is 224 g/mol. The Balaban J connectivity index is 2.46. The normalized spacial score (nSPS) is 14.8. The van der Waals surface area contributed by atoms with Crippen molar-refractivity contribution in [2.45, 2.75) is 32.3 Å². The Kier molecular flexibility index (Phi) is 5.11. The third-order valence-corrected chi connectivity index (χ3v) is 4.89. The van der Waals surface area contributed by atoms with Crippen LogP contribution in [0.15, 0.2) is 30.3 Å². The standard InChI is InChI=1S/C13H21OP/c1-3-4-8-11-15(2,14)12-13-9-6-5-7-10-13/h5-7,9-10H,3-4,8,11-12H2,1-2H3. The van der Waals surface area contributed by atoms with E-state index in [1.165, 1.54) is 18.4 Å². The Labute approximate surface area is 93.3 Å². The highest BCUT2D eigenvalue weighted by molar-refractivity contribution is 7.62. The van der Waals surface area contributed by atoms with Gasteiger partial charge < -0.3 is 4.57 Å². The van der Waals surface area contributed by atoms with Crippen molar-refractivity contribution >= 4 is 7.14 Å². The van der Waals surface area contributed by atoms with E-state index in [1.54, 1.807) is 0 Å². The average Bonchev–Trinajstić information content (AvgIpc) is 2.18. The van der Waals surface area contributed by atoms with E-state index in [9.17, 15) is 4.57 Å². The molecule has 0 amide bonds. The van der Waals surface area contributed by atoms with E-state index in [2.05, 4.69) is 19.1 Å². The molecular formula is C13H21OP. The van der Waals surface area contributed by atoms with Gasteiger partial charge >= 0.3 is 0 Å². The molecule has 0 aliphatic rings. The lowest BCUT2D eigenvalue weighted by Gasteiger charge is -2.12. The van der Waals surface area contributed by atoms with Crippen LogP contribution in [0.1, 0.15) is 31.7 Å². The second-order valence-electron chi connectivity index (χ2n) is 4.37. The number of benzene rings is 1. The maximum atomic E-state index is 12.3. The van der Waals surface area contributed by atoms with E-state index in [0.717, 1.165) is 18.7 Å². The van der Waals surface area contributed by atoms with Crippen molar-refractivity contribution in [3.8, 4) is 0 Å². The minimum absolute atomic E-state index is 0.761. The molecule has 1 unspecified atom stereocenters. The molecule has 1 aromatic carbocycles. The van der Waals surface area contributed by atoms with Crippen molar-refractivity contribution in [2.75, 3.05) is 12.8 Å². The lowest BCUT2D eigenvalue weighted by atomic mass is 10.2. The van der Waals surface area contributed by atoms with Crippen LogP contribution in [0.25, 0.3) is 0 Å². The summed E-state index contributed by atoms with van der Waals surface area (Å²) in [5.74, 6) is 0. The van der Waals surface area contributed by atoms with Crippen molar-refractivity contribution < 1.29 is 4.57 Å². The van der Waals surface area contributed by atoms with Crippen LogP contribution in [0, 0.1) is 0 Å². The van der Waals surface area contributed by atoms with Gasteiger partial charge in [0.15, 0.2) is 0 Å². The predicted octanol–water partition coefficient (Wildman–Crippen LogP) is 4.37. The van der Waals surface area contributed by atoms with Gasteiger partial charge in [-0.1, -0.05) is 50.1 Å². The van der Waals surface area contributed by atoms with Gasteiger partial charge in [0.25, 0.3) is 0 Å².